The first-order chi connectivity index (χ1) is 7.26. The Labute approximate surface area is 103 Å². The highest BCUT2D eigenvalue weighted by molar-refractivity contribution is 9.09. The maximum absolute atomic E-state index is 5.89. The zero-order chi connectivity index (χ0) is 11.1. The lowest BCUT2D eigenvalue weighted by Gasteiger charge is -2.31. The number of rotatable bonds is 9. The Bertz CT molecular complexity index is 160. The largest absolute Gasteiger partial charge is 0.381 e. The van der Waals surface area contributed by atoms with Crippen molar-refractivity contribution in [3.05, 3.63) is 0 Å². The van der Waals surface area contributed by atoms with Gasteiger partial charge < -0.3 is 4.74 Å². The zero-order valence-electron chi connectivity index (χ0n) is 10.2. The van der Waals surface area contributed by atoms with Crippen LogP contribution in [0.15, 0.2) is 0 Å². The monoisotopic (exact) mass is 276 g/mol. The lowest BCUT2D eigenvalue weighted by Crippen LogP contribution is -2.29. The second-order valence-corrected chi connectivity index (χ2v) is 5.65. The Hall–Kier alpha value is 0.440. The molecule has 0 aromatic rings. The number of hydrogen-bond acceptors (Lipinski definition) is 1. The minimum Gasteiger partial charge on any atom is -0.381 e. The molecule has 0 N–H and O–H groups in total. The van der Waals surface area contributed by atoms with E-state index in [9.17, 15) is 0 Å². The van der Waals surface area contributed by atoms with Crippen LogP contribution >= 0.6 is 15.9 Å². The van der Waals surface area contributed by atoms with Crippen LogP contribution in [0, 0.1) is 11.3 Å². The normalized spacial score (nSPS) is 17.0. The van der Waals surface area contributed by atoms with E-state index in [0.717, 1.165) is 24.5 Å². The van der Waals surface area contributed by atoms with Gasteiger partial charge in [-0.15, -0.1) is 0 Å². The fourth-order valence-electron chi connectivity index (χ4n) is 2.23. The molecule has 0 aromatic heterocycles. The van der Waals surface area contributed by atoms with Crippen LogP contribution in [0.1, 0.15) is 52.4 Å². The van der Waals surface area contributed by atoms with Crippen LogP contribution in [0.4, 0.5) is 0 Å². The maximum atomic E-state index is 5.89. The van der Waals surface area contributed by atoms with E-state index in [4.69, 9.17) is 4.74 Å². The molecular formula is C13H25BrO. The molecule has 0 radical (unpaired) electrons. The fourth-order valence-corrected chi connectivity index (χ4v) is 2.95. The highest BCUT2D eigenvalue weighted by Gasteiger charge is 2.29. The lowest BCUT2D eigenvalue weighted by molar-refractivity contribution is 0.0398. The molecule has 1 aliphatic rings. The van der Waals surface area contributed by atoms with Gasteiger partial charge in [-0.3, -0.25) is 0 Å². The third-order valence-electron chi connectivity index (χ3n) is 3.30. The summed E-state index contributed by atoms with van der Waals surface area (Å²) >= 11 is 3.68. The topological polar surface area (TPSA) is 9.23 Å². The van der Waals surface area contributed by atoms with Gasteiger partial charge >= 0.3 is 0 Å². The molecule has 90 valence electrons. The predicted molar refractivity (Wildman–Crippen MR) is 69.6 cm³/mol. The number of halogens is 1. The van der Waals surface area contributed by atoms with E-state index in [1.54, 1.807) is 0 Å². The summed E-state index contributed by atoms with van der Waals surface area (Å²) in [5.41, 5.74) is 0.401. The highest BCUT2D eigenvalue weighted by atomic mass is 79.9. The Morgan fingerprint density at radius 2 is 1.80 bits per heavy atom. The molecule has 0 unspecified atom stereocenters. The Kier molecular flexibility index (Phi) is 6.21. The van der Waals surface area contributed by atoms with Gasteiger partial charge in [-0.1, -0.05) is 42.6 Å². The molecule has 1 rings (SSSR count). The number of alkyl halides is 1. The summed E-state index contributed by atoms with van der Waals surface area (Å²) in [5, 5.41) is 1.09. The van der Waals surface area contributed by atoms with Crippen LogP contribution in [0.5, 0.6) is 0 Å². The van der Waals surface area contributed by atoms with Gasteiger partial charge in [0, 0.05) is 17.4 Å². The molecule has 0 amide bonds. The van der Waals surface area contributed by atoms with Gasteiger partial charge in [0.2, 0.25) is 0 Å². The molecule has 0 saturated heterocycles. The summed E-state index contributed by atoms with van der Waals surface area (Å²) < 4.78 is 5.89. The molecule has 0 aromatic carbocycles. The quantitative estimate of drug-likeness (QED) is 0.568. The van der Waals surface area contributed by atoms with Gasteiger partial charge in [0.05, 0.1) is 6.61 Å². The predicted octanol–water partition coefficient (Wildman–Crippen LogP) is 4.39. The molecule has 0 atom stereocenters. The van der Waals surface area contributed by atoms with Gasteiger partial charge in [0.15, 0.2) is 0 Å². The van der Waals surface area contributed by atoms with Crippen molar-refractivity contribution in [3.8, 4) is 0 Å². The van der Waals surface area contributed by atoms with Gasteiger partial charge in [-0.05, 0) is 31.6 Å². The molecule has 0 bridgehead atoms. The summed E-state index contributed by atoms with van der Waals surface area (Å²) in [7, 11) is 0. The maximum Gasteiger partial charge on any atom is 0.0530 e. The summed E-state index contributed by atoms with van der Waals surface area (Å²) in [6.45, 7) is 6.50. The van der Waals surface area contributed by atoms with Gasteiger partial charge in [-0.2, -0.15) is 0 Å². The smallest absolute Gasteiger partial charge is 0.0530 e. The third-order valence-corrected chi connectivity index (χ3v) is 4.49. The van der Waals surface area contributed by atoms with E-state index < -0.39 is 0 Å². The van der Waals surface area contributed by atoms with Crippen LogP contribution < -0.4 is 0 Å². The minimum absolute atomic E-state index is 0.401. The third kappa shape index (κ3) is 4.86. The standard InChI is InChI=1S/C13H25BrO/c1-3-7-13(10-14,8-4-2)11-15-9-12-5-6-12/h12H,3-11H2,1-2H3. The molecule has 1 fully saturated rings. The van der Waals surface area contributed by atoms with E-state index in [1.165, 1.54) is 38.5 Å². The molecule has 15 heavy (non-hydrogen) atoms. The van der Waals surface area contributed by atoms with Crippen molar-refractivity contribution in [2.24, 2.45) is 11.3 Å². The molecular weight excluding hydrogens is 252 g/mol. The van der Waals surface area contributed by atoms with E-state index >= 15 is 0 Å². The van der Waals surface area contributed by atoms with Crippen LogP contribution in [0.2, 0.25) is 0 Å². The first-order valence-electron chi connectivity index (χ1n) is 6.40. The second kappa shape index (κ2) is 6.90. The van der Waals surface area contributed by atoms with Crippen molar-refractivity contribution in [2.75, 3.05) is 18.5 Å². The molecule has 0 aliphatic heterocycles. The number of hydrogen-bond donors (Lipinski definition) is 0. The lowest BCUT2D eigenvalue weighted by atomic mass is 9.82. The van der Waals surface area contributed by atoms with Gasteiger partial charge in [0.25, 0.3) is 0 Å². The van der Waals surface area contributed by atoms with Crippen molar-refractivity contribution < 1.29 is 4.74 Å². The Balaban J connectivity index is 2.29. The van der Waals surface area contributed by atoms with Gasteiger partial charge in [-0.25, -0.2) is 0 Å². The molecule has 1 saturated carbocycles. The van der Waals surface area contributed by atoms with E-state index in [-0.39, 0.29) is 0 Å². The summed E-state index contributed by atoms with van der Waals surface area (Å²) in [5.74, 6) is 0.890. The first-order valence-corrected chi connectivity index (χ1v) is 7.52. The summed E-state index contributed by atoms with van der Waals surface area (Å²) in [6, 6.07) is 0. The van der Waals surface area contributed by atoms with Gasteiger partial charge in [0.1, 0.15) is 0 Å². The molecule has 2 heteroatoms. The van der Waals surface area contributed by atoms with Crippen molar-refractivity contribution in [1.29, 1.82) is 0 Å². The van der Waals surface area contributed by atoms with E-state index in [0.29, 0.717) is 5.41 Å². The first kappa shape index (κ1) is 13.5. The molecule has 0 heterocycles. The van der Waals surface area contributed by atoms with Crippen molar-refractivity contribution >= 4 is 15.9 Å². The van der Waals surface area contributed by atoms with Crippen molar-refractivity contribution in [3.63, 3.8) is 0 Å². The van der Waals surface area contributed by atoms with E-state index in [2.05, 4.69) is 29.8 Å². The van der Waals surface area contributed by atoms with Crippen LogP contribution in [0.3, 0.4) is 0 Å². The molecule has 1 nitrogen and oxygen atoms in total. The molecule has 0 spiro atoms. The van der Waals surface area contributed by atoms with Crippen LogP contribution in [0.25, 0.3) is 0 Å². The summed E-state index contributed by atoms with van der Waals surface area (Å²) in [4.78, 5) is 0. The van der Waals surface area contributed by atoms with E-state index in [1.807, 2.05) is 0 Å². The second-order valence-electron chi connectivity index (χ2n) is 5.09. The Morgan fingerprint density at radius 3 is 2.20 bits per heavy atom. The SMILES string of the molecule is CCCC(CBr)(CCC)COCC1CC1. The minimum atomic E-state index is 0.401. The Morgan fingerprint density at radius 1 is 1.20 bits per heavy atom. The average molecular weight is 277 g/mol. The molecule has 1 aliphatic carbocycles. The van der Waals surface area contributed by atoms with Crippen molar-refractivity contribution in [2.45, 2.75) is 52.4 Å². The van der Waals surface area contributed by atoms with Crippen LogP contribution in [-0.2, 0) is 4.74 Å². The average Bonchev–Trinajstić information content (AvgIpc) is 3.02. The fraction of sp³-hybridized carbons (Fsp3) is 1.00. The van der Waals surface area contributed by atoms with Crippen molar-refractivity contribution in [1.82, 2.24) is 0 Å². The number of ether oxygens (including phenoxy) is 1. The summed E-state index contributed by atoms with van der Waals surface area (Å²) in [6.07, 6.45) is 7.88. The van der Waals surface area contributed by atoms with Crippen LogP contribution in [-0.4, -0.2) is 18.5 Å². The zero-order valence-corrected chi connectivity index (χ0v) is 11.8. The highest BCUT2D eigenvalue weighted by Crippen LogP contribution is 2.34.